The van der Waals surface area contributed by atoms with E-state index < -0.39 is 0 Å². The van der Waals surface area contributed by atoms with Crippen molar-refractivity contribution < 1.29 is 9.13 Å². The zero-order chi connectivity index (χ0) is 36.4. The first-order valence-electron chi connectivity index (χ1n) is 18.4. The largest absolute Gasteiger partial charge is 0.295 e. The quantitative estimate of drug-likeness (QED) is 0.150. The van der Waals surface area contributed by atoms with Crippen LogP contribution < -0.4 is 9.13 Å². The molecule has 0 aliphatic heterocycles. The summed E-state index contributed by atoms with van der Waals surface area (Å²) in [4.78, 5) is 0. The highest BCUT2D eigenvalue weighted by Crippen LogP contribution is 2.37. The van der Waals surface area contributed by atoms with Crippen LogP contribution in [0.15, 0.2) is 128 Å². The van der Waals surface area contributed by atoms with Crippen molar-refractivity contribution in [3.8, 4) is 34.2 Å². The van der Waals surface area contributed by atoms with Gasteiger partial charge in [0.15, 0.2) is 11.0 Å². The molecule has 0 bridgehead atoms. The summed E-state index contributed by atoms with van der Waals surface area (Å²) in [5.74, 6) is 3.89. The number of hydrogen-bond acceptors (Lipinski definition) is 0. The van der Waals surface area contributed by atoms with Gasteiger partial charge in [0.25, 0.3) is 11.6 Å². The second kappa shape index (κ2) is 14.9. The fourth-order valence-corrected chi connectivity index (χ4v) is 7.28. The summed E-state index contributed by atoms with van der Waals surface area (Å²) < 4.78 is 9.28. The highest BCUT2D eigenvalue weighted by Gasteiger charge is 2.28. The van der Waals surface area contributed by atoms with E-state index in [-0.39, 0.29) is 0 Å². The number of nitrogens with zero attached hydrogens (tertiary/aromatic N) is 4. The van der Waals surface area contributed by atoms with Crippen LogP contribution in [-0.2, 0) is 14.1 Å². The third kappa shape index (κ3) is 6.93. The molecule has 0 saturated heterocycles. The van der Waals surface area contributed by atoms with Gasteiger partial charge in [-0.3, -0.25) is 0 Å². The predicted octanol–water partition coefficient (Wildman–Crippen LogP) is 11.1. The third-order valence-corrected chi connectivity index (χ3v) is 10.1. The molecule has 0 atom stereocenters. The summed E-state index contributed by atoms with van der Waals surface area (Å²) in [7, 11) is 4.29. The number of hydrogen-bond donors (Lipinski definition) is 0. The molecule has 4 nitrogen and oxygen atoms in total. The summed E-state index contributed by atoms with van der Waals surface area (Å²) >= 11 is 0. The Morgan fingerprint density at radius 3 is 1.61 bits per heavy atom. The van der Waals surface area contributed by atoms with Crippen molar-refractivity contribution in [2.45, 2.75) is 73.1 Å². The summed E-state index contributed by atoms with van der Waals surface area (Å²) in [6.45, 7) is 18.2. The van der Waals surface area contributed by atoms with Crippen LogP contribution in [0.4, 0.5) is 0 Å². The number of aromatic nitrogens is 4. The lowest BCUT2D eigenvalue weighted by atomic mass is 9.87. The SMILES string of the molecule is Cc1ccccc1-c1n(-c2c(C(C)C)cc(C(C)C)cc2C(C)C)cc[n+]1C.Cc1ccccc1-c1n(-c2ccccc2)c2ccccc2[n+]1C. The molecule has 5 aromatic carbocycles. The van der Waals surface area contributed by atoms with Crippen molar-refractivity contribution in [2.24, 2.45) is 14.1 Å². The van der Waals surface area contributed by atoms with Crippen molar-refractivity contribution in [3.05, 3.63) is 155 Å². The average molecular weight is 675 g/mol. The van der Waals surface area contributed by atoms with Gasteiger partial charge in [-0.15, -0.1) is 0 Å². The minimum absolute atomic E-state index is 0.462. The lowest BCUT2D eigenvalue weighted by molar-refractivity contribution is -0.659. The standard InChI is InChI=1S/C26H35N2.C21H19N2/c1-17(2)21-15-23(18(3)4)25(24(16-21)19(5)6)28-14-13-27(8)26(28)22-12-10-9-11-20(22)7;1-16-10-6-7-13-18(16)21-22(2)19-14-8-9-15-20(19)23(21)17-11-4-3-5-12-17/h9-19H,1-8H3;3-15H,1-2H3/q2*+1. The van der Waals surface area contributed by atoms with Gasteiger partial charge >= 0.3 is 0 Å². The highest BCUT2D eigenvalue weighted by atomic mass is 15.2. The van der Waals surface area contributed by atoms with E-state index in [2.05, 4.69) is 215 Å². The molecule has 0 N–H and O–H groups in total. The van der Waals surface area contributed by atoms with Crippen molar-refractivity contribution in [1.82, 2.24) is 9.13 Å². The number of aryl methyl sites for hydroxylation is 4. The van der Waals surface area contributed by atoms with E-state index >= 15 is 0 Å². The minimum Gasteiger partial charge on any atom is -0.232 e. The summed E-state index contributed by atoms with van der Waals surface area (Å²) in [5, 5.41) is 0. The number of para-hydroxylation sites is 3. The number of fused-ring (bicyclic) bond motifs is 1. The van der Waals surface area contributed by atoms with Crippen LogP contribution in [0.3, 0.4) is 0 Å². The Balaban J connectivity index is 0.000000179. The van der Waals surface area contributed by atoms with E-state index in [1.807, 2.05) is 0 Å². The van der Waals surface area contributed by atoms with Gasteiger partial charge in [-0.05, 0) is 84.7 Å². The molecule has 0 unspecified atom stereocenters. The fourth-order valence-electron chi connectivity index (χ4n) is 7.28. The fraction of sp³-hybridized carbons (Fsp3) is 0.277. The smallest absolute Gasteiger partial charge is 0.232 e. The van der Waals surface area contributed by atoms with Crippen molar-refractivity contribution in [3.63, 3.8) is 0 Å². The van der Waals surface area contributed by atoms with Crippen LogP contribution >= 0.6 is 0 Å². The van der Waals surface area contributed by atoms with E-state index in [0.717, 1.165) is 0 Å². The molecule has 0 amide bonds. The van der Waals surface area contributed by atoms with Crippen LogP contribution in [0.5, 0.6) is 0 Å². The van der Waals surface area contributed by atoms with Crippen LogP contribution in [-0.4, -0.2) is 9.13 Å². The molecular weight excluding hydrogens is 621 g/mol. The Morgan fingerprint density at radius 2 is 1.06 bits per heavy atom. The molecule has 0 saturated carbocycles. The van der Waals surface area contributed by atoms with E-state index in [1.54, 1.807) is 0 Å². The Kier molecular flexibility index (Phi) is 10.4. The van der Waals surface area contributed by atoms with E-state index in [4.69, 9.17) is 0 Å². The second-order valence-electron chi connectivity index (χ2n) is 14.8. The predicted molar refractivity (Wildman–Crippen MR) is 214 cm³/mol. The molecule has 0 radical (unpaired) electrons. The molecule has 0 spiro atoms. The lowest BCUT2D eigenvalue weighted by Gasteiger charge is -2.21. The van der Waals surface area contributed by atoms with Crippen LogP contribution in [0.1, 0.15) is 87.1 Å². The maximum Gasteiger partial charge on any atom is 0.295 e. The van der Waals surface area contributed by atoms with Crippen molar-refractivity contribution in [2.75, 3.05) is 0 Å². The monoisotopic (exact) mass is 674 g/mol. The van der Waals surface area contributed by atoms with Crippen LogP contribution in [0, 0.1) is 13.8 Å². The van der Waals surface area contributed by atoms with Gasteiger partial charge in [0, 0.05) is 11.1 Å². The molecule has 7 rings (SSSR count). The molecule has 4 heteroatoms. The van der Waals surface area contributed by atoms with Crippen LogP contribution in [0.2, 0.25) is 0 Å². The van der Waals surface area contributed by atoms with Gasteiger partial charge in [-0.25, -0.2) is 9.13 Å². The van der Waals surface area contributed by atoms with E-state index in [0.29, 0.717) is 17.8 Å². The number of imidazole rings is 2. The maximum atomic E-state index is 2.43. The molecule has 260 valence electrons. The molecule has 2 heterocycles. The summed E-state index contributed by atoms with van der Waals surface area (Å²) in [6.07, 6.45) is 4.40. The molecule has 0 fully saturated rings. The maximum absolute atomic E-state index is 2.43. The number of rotatable bonds is 7. The van der Waals surface area contributed by atoms with Crippen molar-refractivity contribution in [1.29, 1.82) is 0 Å². The average Bonchev–Trinajstić information content (AvgIpc) is 3.65. The van der Waals surface area contributed by atoms with E-state index in [1.165, 1.54) is 73.0 Å². The van der Waals surface area contributed by atoms with Crippen molar-refractivity contribution >= 4 is 11.0 Å². The Morgan fingerprint density at radius 1 is 0.549 bits per heavy atom. The van der Waals surface area contributed by atoms with Gasteiger partial charge < -0.3 is 0 Å². The molecule has 51 heavy (non-hydrogen) atoms. The zero-order valence-electron chi connectivity index (χ0n) is 32.1. The van der Waals surface area contributed by atoms with Gasteiger partial charge in [0.1, 0.15) is 23.8 Å². The van der Waals surface area contributed by atoms with Crippen LogP contribution in [0.25, 0.3) is 45.2 Å². The Bertz CT molecular complexity index is 2250. The first-order valence-corrected chi connectivity index (χ1v) is 18.4. The number of benzene rings is 5. The molecule has 7 aromatic rings. The molecule has 0 aliphatic carbocycles. The van der Waals surface area contributed by atoms with Gasteiger partial charge in [-0.2, -0.15) is 9.13 Å². The third-order valence-electron chi connectivity index (χ3n) is 10.1. The zero-order valence-corrected chi connectivity index (χ0v) is 32.1. The normalized spacial score (nSPS) is 11.5. The molecule has 2 aromatic heterocycles. The minimum atomic E-state index is 0.462. The highest BCUT2D eigenvalue weighted by molar-refractivity contribution is 5.79. The Labute approximate surface area is 305 Å². The van der Waals surface area contributed by atoms with E-state index in [9.17, 15) is 0 Å². The van der Waals surface area contributed by atoms with Gasteiger partial charge in [-0.1, -0.05) is 120 Å². The summed E-state index contributed by atoms with van der Waals surface area (Å²) in [6, 6.07) is 41.2. The topological polar surface area (TPSA) is 17.6 Å². The second-order valence-corrected chi connectivity index (χ2v) is 14.8. The first kappa shape index (κ1) is 35.6. The molecular formula is C47H54N4+2. The Hall–Kier alpha value is -5.22. The molecule has 0 aliphatic rings. The van der Waals surface area contributed by atoms with Gasteiger partial charge in [0.2, 0.25) is 0 Å². The lowest BCUT2D eigenvalue weighted by Crippen LogP contribution is -2.30. The van der Waals surface area contributed by atoms with Gasteiger partial charge in [0.05, 0.1) is 25.2 Å². The first-order chi connectivity index (χ1) is 24.5. The summed E-state index contributed by atoms with van der Waals surface area (Å²) in [5.41, 5.74) is 14.4.